The summed E-state index contributed by atoms with van der Waals surface area (Å²) in [5, 5.41) is 11.6. The van der Waals surface area contributed by atoms with Gasteiger partial charge in [0.05, 0.1) is 6.61 Å². The largest absolute Gasteiger partial charge is 0.508 e. The Hall–Kier alpha value is -1.85. The summed E-state index contributed by atoms with van der Waals surface area (Å²) in [6, 6.07) is 7.10. The van der Waals surface area contributed by atoms with Gasteiger partial charge in [-0.3, -0.25) is 0 Å². The highest BCUT2D eigenvalue weighted by Gasteiger charge is 2.11. The Morgan fingerprint density at radius 1 is 1.42 bits per heavy atom. The predicted molar refractivity (Wildman–Crippen MR) is 76.5 cm³/mol. The number of hydrogen-bond acceptors (Lipinski definition) is 5. The number of anilines is 1. The maximum Gasteiger partial charge on any atom is 0.136 e. The number of nitrogens with zero attached hydrogens (tertiary/aromatic N) is 2. The third-order valence-corrected chi connectivity index (χ3v) is 2.98. The fraction of sp³-hybridized carbons (Fsp3) is 0.357. The van der Waals surface area contributed by atoms with Crippen molar-refractivity contribution in [1.29, 1.82) is 0 Å². The molecule has 1 heterocycles. The van der Waals surface area contributed by atoms with Gasteiger partial charge in [-0.1, -0.05) is 6.07 Å². The number of aromatic hydroxyl groups is 1. The first kappa shape index (κ1) is 13.6. The monoisotopic (exact) mass is 261 g/mol. The van der Waals surface area contributed by atoms with E-state index < -0.39 is 0 Å². The molecule has 0 amide bonds. The molecule has 0 saturated heterocycles. The van der Waals surface area contributed by atoms with Gasteiger partial charge in [0, 0.05) is 38.3 Å². The van der Waals surface area contributed by atoms with E-state index in [-0.39, 0.29) is 11.8 Å². The summed E-state index contributed by atoms with van der Waals surface area (Å²) in [6.07, 6.45) is 1.76. The Morgan fingerprint density at radius 3 is 2.95 bits per heavy atom. The molecule has 1 unspecified atom stereocenters. The lowest BCUT2D eigenvalue weighted by atomic mass is 10.1. The maximum atomic E-state index is 9.61. The number of aromatic nitrogens is 1. The summed E-state index contributed by atoms with van der Waals surface area (Å²) >= 11 is 0. The van der Waals surface area contributed by atoms with E-state index in [1.807, 2.05) is 24.1 Å². The number of methoxy groups -OCH3 is 1. The van der Waals surface area contributed by atoms with E-state index in [2.05, 4.69) is 4.98 Å². The van der Waals surface area contributed by atoms with Crippen LogP contribution in [0.5, 0.6) is 5.75 Å². The molecule has 0 aliphatic heterocycles. The predicted octanol–water partition coefficient (Wildman–Crippen LogP) is 1.35. The fourth-order valence-electron chi connectivity index (χ4n) is 2.15. The van der Waals surface area contributed by atoms with Crippen LogP contribution in [-0.4, -0.2) is 43.4 Å². The van der Waals surface area contributed by atoms with Crippen LogP contribution in [0.4, 0.5) is 5.82 Å². The summed E-state index contributed by atoms with van der Waals surface area (Å²) in [5.74, 6) is 1.04. The molecule has 102 valence electrons. The van der Waals surface area contributed by atoms with E-state index >= 15 is 0 Å². The number of phenolic OH excluding ortho intramolecular Hbond substituents is 1. The number of ether oxygens (including phenoxy) is 1. The van der Waals surface area contributed by atoms with Gasteiger partial charge < -0.3 is 20.5 Å². The smallest absolute Gasteiger partial charge is 0.136 e. The minimum absolute atomic E-state index is 0.0793. The molecule has 0 saturated carbocycles. The molecular weight excluding hydrogens is 242 g/mol. The normalized spacial score (nSPS) is 12.6. The Kier molecular flexibility index (Phi) is 4.19. The first-order valence-corrected chi connectivity index (χ1v) is 6.15. The number of fused-ring (bicyclic) bond motifs is 1. The van der Waals surface area contributed by atoms with Crippen molar-refractivity contribution in [3.63, 3.8) is 0 Å². The highest BCUT2D eigenvalue weighted by Crippen LogP contribution is 2.26. The average Bonchev–Trinajstić information content (AvgIpc) is 2.38. The van der Waals surface area contributed by atoms with Gasteiger partial charge in [-0.2, -0.15) is 0 Å². The Bertz CT molecular complexity index is 559. The molecule has 0 radical (unpaired) electrons. The van der Waals surface area contributed by atoms with Gasteiger partial charge >= 0.3 is 0 Å². The van der Waals surface area contributed by atoms with E-state index in [4.69, 9.17) is 10.5 Å². The van der Waals surface area contributed by atoms with Crippen molar-refractivity contribution in [2.24, 2.45) is 5.73 Å². The summed E-state index contributed by atoms with van der Waals surface area (Å²) in [6.45, 7) is 1.13. The molecule has 0 fully saturated rings. The molecule has 0 bridgehead atoms. The molecule has 0 spiro atoms. The first-order chi connectivity index (χ1) is 9.11. The minimum Gasteiger partial charge on any atom is -0.508 e. The van der Waals surface area contributed by atoms with Crippen LogP contribution in [0.2, 0.25) is 0 Å². The van der Waals surface area contributed by atoms with Gasteiger partial charge in [-0.05, 0) is 23.6 Å². The van der Waals surface area contributed by atoms with Crippen LogP contribution in [0.25, 0.3) is 10.8 Å². The molecule has 5 heteroatoms. The molecule has 3 N–H and O–H groups in total. The SMILES string of the molecule is COCC(N)CN(C)c1nccc2ccc(O)cc12. The topological polar surface area (TPSA) is 71.6 Å². The number of hydrogen-bond donors (Lipinski definition) is 2. The zero-order valence-corrected chi connectivity index (χ0v) is 11.2. The zero-order valence-electron chi connectivity index (χ0n) is 11.2. The second kappa shape index (κ2) is 5.86. The van der Waals surface area contributed by atoms with Gasteiger partial charge in [0.25, 0.3) is 0 Å². The lowest BCUT2D eigenvalue weighted by Crippen LogP contribution is -2.38. The number of nitrogens with two attached hydrogens (primary N) is 1. The van der Waals surface area contributed by atoms with Crippen LogP contribution in [0.3, 0.4) is 0 Å². The van der Waals surface area contributed by atoms with Gasteiger partial charge in [0.1, 0.15) is 11.6 Å². The molecule has 0 aliphatic carbocycles. The van der Waals surface area contributed by atoms with Crippen LogP contribution in [0, 0.1) is 0 Å². The Balaban J connectivity index is 2.31. The molecule has 2 aromatic rings. The molecule has 1 aromatic carbocycles. The van der Waals surface area contributed by atoms with Gasteiger partial charge in [0.15, 0.2) is 0 Å². The van der Waals surface area contributed by atoms with E-state index in [1.165, 1.54) is 0 Å². The quantitative estimate of drug-likeness (QED) is 0.850. The molecule has 2 rings (SSSR count). The number of phenols is 1. The third kappa shape index (κ3) is 3.13. The second-order valence-electron chi connectivity index (χ2n) is 4.64. The molecule has 1 aromatic heterocycles. The maximum absolute atomic E-state index is 9.61. The van der Waals surface area contributed by atoms with Crippen molar-refractivity contribution in [1.82, 2.24) is 4.98 Å². The standard InChI is InChI=1S/C14H19N3O2/c1-17(8-11(15)9-19-2)14-13-7-12(18)4-3-10(13)5-6-16-14/h3-7,11,18H,8-9,15H2,1-2H3. The molecule has 19 heavy (non-hydrogen) atoms. The molecular formula is C14H19N3O2. The van der Waals surface area contributed by atoms with Crippen LogP contribution in [0.15, 0.2) is 30.5 Å². The minimum atomic E-state index is -0.0793. The average molecular weight is 261 g/mol. The van der Waals surface area contributed by atoms with Crippen LogP contribution >= 0.6 is 0 Å². The summed E-state index contributed by atoms with van der Waals surface area (Å²) in [4.78, 5) is 6.36. The van der Waals surface area contributed by atoms with Crippen LogP contribution < -0.4 is 10.6 Å². The zero-order chi connectivity index (χ0) is 13.8. The first-order valence-electron chi connectivity index (χ1n) is 6.15. The highest BCUT2D eigenvalue weighted by molar-refractivity contribution is 5.93. The van der Waals surface area contributed by atoms with E-state index in [0.29, 0.717) is 13.2 Å². The van der Waals surface area contributed by atoms with Crippen molar-refractivity contribution in [2.75, 3.05) is 32.2 Å². The third-order valence-electron chi connectivity index (χ3n) is 2.98. The number of pyridine rings is 1. The van der Waals surface area contributed by atoms with Crippen LogP contribution in [0.1, 0.15) is 0 Å². The van der Waals surface area contributed by atoms with E-state index in [1.54, 1.807) is 25.4 Å². The Labute approximate surface area is 112 Å². The van der Waals surface area contributed by atoms with Crippen molar-refractivity contribution < 1.29 is 9.84 Å². The van der Waals surface area contributed by atoms with Crippen molar-refractivity contribution in [3.05, 3.63) is 30.5 Å². The Morgan fingerprint density at radius 2 is 2.21 bits per heavy atom. The lowest BCUT2D eigenvalue weighted by Gasteiger charge is -2.23. The highest BCUT2D eigenvalue weighted by atomic mass is 16.5. The van der Waals surface area contributed by atoms with E-state index in [0.717, 1.165) is 16.6 Å². The van der Waals surface area contributed by atoms with Gasteiger partial charge in [0.2, 0.25) is 0 Å². The summed E-state index contributed by atoms with van der Waals surface area (Å²) < 4.78 is 5.03. The van der Waals surface area contributed by atoms with Gasteiger partial charge in [-0.25, -0.2) is 4.98 Å². The van der Waals surface area contributed by atoms with Crippen molar-refractivity contribution in [3.8, 4) is 5.75 Å². The van der Waals surface area contributed by atoms with Gasteiger partial charge in [-0.15, -0.1) is 0 Å². The molecule has 1 atom stereocenters. The second-order valence-corrected chi connectivity index (χ2v) is 4.64. The fourth-order valence-corrected chi connectivity index (χ4v) is 2.15. The molecule has 0 aliphatic rings. The van der Waals surface area contributed by atoms with Crippen LogP contribution in [-0.2, 0) is 4.74 Å². The molecule has 5 nitrogen and oxygen atoms in total. The summed E-state index contributed by atoms with van der Waals surface area (Å²) in [5.41, 5.74) is 5.95. The number of rotatable bonds is 5. The van der Waals surface area contributed by atoms with E-state index in [9.17, 15) is 5.11 Å². The number of likely N-dealkylation sites (N-methyl/N-ethyl adjacent to an activating group) is 1. The number of benzene rings is 1. The summed E-state index contributed by atoms with van der Waals surface area (Å²) in [7, 11) is 3.56. The van der Waals surface area contributed by atoms with Crippen molar-refractivity contribution in [2.45, 2.75) is 6.04 Å². The van der Waals surface area contributed by atoms with Crippen molar-refractivity contribution >= 4 is 16.6 Å². The lowest BCUT2D eigenvalue weighted by molar-refractivity contribution is 0.181.